The van der Waals surface area contributed by atoms with Crippen LogP contribution in [0.5, 0.6) is 0 Å². The molecule has 0 aliphatic carbocycles. The van der Waals surface area contributed by atoms with E-state index in [1.165, 1.54) is 6.42 Å². The van der Waals surface area contributed by atoms with E-state index in [0.29, 0.717) is 29.3 Å². The maximum atomic E-state index is 12.5. The molecule has 2 aliphatic rings. The van der Waals surface area contributed by atoms with Crippen molar-refractivity contribution in [3.8, 4) is 0 Å². The molecule has 0 amide bonds. The molecule has 0 spiro atoms. The van der Waals surface area contributed by atoms with Gasteiger partial charge in [-0.15, -0.1) is 0 Å². The summed E-state index contributed by atoms with van der Waals surface area (Å²) in [5, 5.41) is 0.807. The van der Waals surface area contributed by atoms with Gasteiger partial charge in [-0.2, -0.15) is 0 Å². The topological polar surface area (TPSA) is 43.4 Å². The molecule has 2 rings (SSSR count). The largest absolute Gasteiger partial charge is 0.417 e. The van der Waals surface area contributed by atoms with Crippen molar-refractivity contribution in [1.29, 1.82) is 0 Å². The summed E-state index contributed by atoms with van der Waals surface area (Å²) in [5.41, 5.74) is 0. The molecule has 0 aromatic heterocycles. The zero-order valence-corrected chi connectivity index (χ0v) is 17.3. The summed E-state index contributed by atoms with van der Waals surface area (Å²) in [6.45, 7) is 11.9. The van der Waals surface area contributed by atoms with E-state index < -0.39 is 19.1 Å². The van der Waals surface area contributed by atoms with Crippen LogP contribution < -0.4 is 0 Å². The third kappa shape index (κ3) is 4.76. The van der Waals surface area contributed by atoms with E-state index in [2.05, 4.69) is 33.9 Å². The molecule has 0 aromatic carbocycles. The van der Waals surface area contributed by atoms with Gasteiger partial charge < -0.3 is 4.43 Å². The van der Waals surface area contributed by atoms with Crippen molar-refractivity contribution >= 4 is 24.9 Å². The Labute approximate surface area is 145 Å². The molecule has 2 bridgehead atoms. The Morgan fingerprint density at radius 2 is 1.74 bits per heavy atom. The number of Topliss-reactive ketones (excluding diaryl/α,β-unsaturated/α-hetero) is 1. The molecule has 0 N–H and O–H groups in total. The maximum Gasteiger partial charge on any atom is 0.191 e. The summed E-state index contributed by atoms with van der Waals surface area (Å²) in [6.07, 6.45) is 6.51. The molecule has 2 saturated heterocycles. The van der Waals surface area contributed by atoms with Gasteiger partial charge in [0.15, 0.2) is 8.32 Å². The second-order valence-electron chi connectivity index (χ2n) is 8.85. The molecule has 5 heteroatoms. The van der Waals surface area contributed by atoms with Crippen molar-refractivity contribution in [2.75, 3.05) is 6.61 Å². The lowest BCUT2D eigenvalue weighted by Crippen LogP contribution is -2.42. The highest BCUT2D eigenvalue weighted by molar-refractivity contribution is 7.86. The van der Waals surface area contributed by atoms with Gasteiger partial charge in [-0.3, -0.25) is 9.00 Å². The summed E-state index contributed by atoms with van der Waals surface area (Å²) in [4.78, 5) is 12.5. The van der Waals surface area contributed by atoms with E-state index in [1.807, 2.05) is 0 Å². The fraction of sp³-hybridized carbons (Fsp3) is 0.944. The van der Waals surface area contributed by atoms with Gasteiger partial charge in [-0.1, -0.05) is 27.2 Å². The average molecular weight is 359 g/mol. The molecule has 2 heterocycles. The number of hydrogen-bond acceptors (Lipinski definition) is 3. The van der Waals surface area contributed by atoms with Crippen LogP contribution >= 0.6 is 0 Å². The number of carbonyl (C=O) groups is 1. The summed E-state index contributed by atoms with van der Waals surface area (Å²) in [6, 6.07) is 0. The van der Waals surface area contributed by atoms with Gasteiger partial charge in [0, 0.05) is 40.2 Å². The van der Waals surface area contributed by atoms with Gasteiger partial charge >= 0.3 is 0 Å². The molecule has 2 aliphatic heterocycles. The van der Waals surface area contributed by atoms with Crippen molar-refractivity contribution in [3.63, 3.8) is 0 Å². The van der Waals surface area contributed by atoms with Crippen LogP contribution in [0.1, 0.15) is 65.7 Å². The monoisotopic (exact) mass is 358 g/mol. The first-order chi connectivity index (χ1) is 10.6. The van der Waals surface area contributed by atoms with Crippen molar-refractivity contribution in [2.45, 2.75) is 94.3 Å². The Morgan fingerprint density at radius 1 is 1.17 bits per heavy atom. The second kappa shape index (κ2) is 7.48. The highest BCUT2D eigenvalue weighted by atomic mass is 32.2. The minimum atomic E-state index is -1.70. The van der Waals surface area contributed by atoms with Crippen molar-refractivity contribution < 1.29 is 13.4 Å². The lowest BCUT2D eigenvalue weighted by Gasteiger charge is -2.38. The van der Waals surface area contributed by atoms with Crippen LogP contribution in [-0.4, -0.2) is 35.4 Å². The van der Waals surface area contributed by atoms with E-state index >= 15 is 0 Å². The van der Waals surface area contributed by atoms with E-state index in [9.17, 15) is 9.00 Å². The summed E-state index contributed by atoms with van der Waals surface area (Å²) >= 11 is 0. The first kappa shape index (κ1) is 19.3. The predicted molar refractivity (Wildman–Crippen MR) is 99.7 cm³/mol. The Balaban J connectivity index is 1.75. The molecule has 2 atom stereocenters. The maximum absolute atomic E-state index is 12.5. The molecule has 23 heavy (non-hydrogen) atoms. The van der Waals surface area contributed by atoms with Gasteiger partial charge in [0.25, 0.3) is 0 Å². The molecule has 0 aromatic rings. The van der Waals surface area contributed by atoms with Crippen LogP contribution in [0.25, 0.3) is 0 Å². The van der Waals surface area contributed by atoms with Crippen LogP contribution in [0, 0.1) is 5.92 Å². The van der Waals surface area contributed by atoms with Gasteiger partial charge in [-0.25, -0.2) is 0 Å². The molecule has 0 saturated carbocycles. The Hall–Kier alpha value is -0.00312. The molecule has 0 radical (unpaired) electrons. The second-order valence-corrected chi connectivity index (χ2v) is 15.7. The summed E-state index contributed by atoms with van der Waals surface area (Å²) in [7, 11) is -2.37. The molecule has 3 nitrogen and oxygen atoms in total. The quantitative estimate of drug-likeness (QED) is 0.521. The normalized spacial score (nSPS) is 31.9. The third-order valence-electron chi connectivity index (χ3n) is 6.10. The molecule has 2 fully saturated rings. The number of ketones is 1. The fourth-order valence-corrected chi connectivity index (χ4v) is 6.77. The van der Waals surface area contributed by atoms with Crippen molar-refractivity contribution in [3.05, 3.63) is 0 Å². The highest BCUT2D eigenvalue weighted by Crippen LogP contribution is 2.38. The minimum Gasteiger partial charge on any atom is -0.417 e. The standard InChI is InChI=1S/C18H34O3SSi/c1-18(2,3)23(4,5)21-11-7-10-17(19)14-12-15-8-6-9-16(13-14)22(15)20/h14-16H,6-13H2,1-5H3. The third-order valence-corrected chi connectivity index (χ3v) is 12.8. The van der Waals surface area contributed by atoms with Gasteiger partial charge in [0.2, 0.25) is 0 Å². The van der Waals surface area contributed by atoms with Crippen LogP contribution in [-0.2, 0) is 20.0 Å². The zero-order chi connectivity index (χ0) is 17.3. The predicted octanol–water partition coefficient (Wildman–Crippen LogP) is 4.44. The molecular formula is C18H34O3SSi. The average Bonchev–Trinajstić information content (AvgIpc) is 2.41. The molecular weight excluding hydrogens is 324 g/mol. The highest BCUT2D eigenvalue weighted by Gasteiger charge is 2.40. The van der Waals surface area contributed by atoms with Gasteiger partial charge in [0.05, 0.1) is 0 Å². The molecule has 2 unspecified atom stereocenters. The van der Waals surface area contributed by atoms with E-state index in [4.69, 9.17) is 4.43 Å². The lowest BCUT2D eigenvalue weighted by atomic mass is 9.85. The Kier molecular flexibility index (Phi) is 6.29. The summed E-state index contributed by atoms with van der Waals surface area (Å²) < 4.78 is 18.4. The number of rotatable bonds is 6. The number of fused-ring (bicyclic) bond motifs is 2. The van der Waals surface area contributed by atoms with E-state index in [1.54, 1.807) is 0 Å². The fourth-order valence-electron chi connectivity index (χ4n) is 3.49. The smallest absolute Gasteiger partial charge is 0.191 e. The number of carbonyl (C=O) groups excluding carboxylic acids is 1. The van der Waals surface area contributed by atoms with Crippen molar-refractivity contribution in [2.24, 2.45) is 5.92 Å². The SMILES string of the molecule is CC(C)(C)[Si](C)(C)OCCCC(=O)C1CC2CCCC(C1)S2=O. The van der Waals surface area contributed by atoms with Gasteiger partial charge in [0.1, 0.15) is 5.78 Å². The van der Waals surface area contributed by atoms with Crippen LogP contribution in [0.4, 0.5) is 0 Å². The Bertz CT molecular complexity index is 440. The van der Waals surface area contributed by atoms with Crippen LogP contribution in [0.15, 0.2) is 0 Å². The number of hydrogen-bond donors (Lipinski definition) is 0. The van der Waals surface area contributed by atoms with E-state index in [-0.39, 0.29) is 11.0 Å². The van der Waals surface area contributed by atoms with E-state index in [0.717, 1.165) is 32.1 Å². The van der Waals surface area contributed by atoms with Crippen molar-refractivity contribution in [1.82, 2.24) is 0 Å². The first-order valence-corrected chi connectivity index (χ1v) is 13.4. The minimum absolute atomic E-state index is 0.163. The van der Waals surface area contributed by atoms with Crippen LogP contribution in [0.2, 0.25) is 18.1 Å². The molecule has 134 valence electrons. The lowest BCUT2D eigenvalue weighted by molar-refractivity contribution is -0.123. The van der Waals surface area contributed by atoms with Crippen LogP contribution in [0.3, 0.4) is 0 Å². The first-order valence-electron chi connectivity index (χ1n) is 9.18. The zero-order valence-electron chi connectivity index (χ0n) is 15.5. The Morgan fingerprint density at radius 3 is 2.26 bits per heavy atom. The summed E-state index contributed by atoms with van der Waals surface area (Å²) in [5.74, 6) is 0.549. The van der Waals surface area contributed by atoms with Gasteiger partial charge in [-0.05, 0) is 50.2 Å².